The molecule has 0 saturated carbocycles. The molecule has 2 atom stereocenters. The molecule has 0 radical (unpaired) electrons. The number of rotatable bonds is 4. The number of hydrogen-bond donors (Lipinski definition) is 1. The summed E-state index contributed by atoms with van der Waals surface area (Å²) in [6.45, 7) is 6.61. The average molecular weight is 236 g/mol. The molecule has 2 nitrogen and oxygen atoms in total. The molecule has 1 aliphatic rings. The van der Waals surface area contributed by atoms with Crippen molar-refractivity contribution in [2.45, 2.75) is 33.2 Å². The summed E-state index contributed by atoms with van der Waals surface area (Å²) in [5, 5.41) is 6.74. The first-order valence-corrected chi connectivity index (χ1v) is 6.88. The van der Waals surface area contributed by atoms with Crippen molar-refractivity contribution in [2.24, 2.45) is 11.8 Å². The highest BCUT2D eigenvalue weighted by molar-refractivity contribution is 7.09. The van der Waals surface area contributed by atoms with Gasteiger partial charge in [0.2, 0.25) is 0 Å². The molecule has 0 saturated heterocycles. The average Bonchev–Trinajstić information content (AvgIpc) is 2.69. The fraction of sp³-hybridized carbons (Fsp3) is 0.615. The molecule has 0 bridgehead atoms. The molecule has 0 aliphatic heterocycles. The van der Waals surface area contributed by atoms with Crippen LogP contribution in [0.2, 0.25) is 0 Å². The van der Waals surface area contributed by atoms with E-state index in [0.29, 0.717) is 0 Å². The molecule has 2 unspecified atom stereocenters. The zero-order chi connectivity index (χ0) is 11.4. The highest BCUT2D eigenvalue weighted by Gasteiger charge is 2.17. The van der Waals surface area contributed by atoms with Crippen molar-refractivity contribution in [3.05, 3.63) is 28.2 Å². The second-order valence-corrected chi connectivity index (χ2v) is 5.83. The van der Waals surface area contributed by atoms with Crippen molar-refractivity contribution in [2.75, 3.05) is 6.54 Å². The van der Waals surface area contributed by atoms with Gasteiger partial charge >= 0.3 is 0 Å². The van der Waals surface area contributed by atoms with E-state index in [9.17, 15) is 0 Å². The minimum atomic E-state index is 0.750. The van der Waals surface area contributed by atoms with Crippen LogP contribution in [-0.2, 0) is 6.54 Å². The molecule has 1 N–H and O–H groups in total. The first kappa shape index (κ1) is 11.8. The molecular weight excluding hydrogens is 216 g/mol. The van der Waals surface area contributed by atoms with Gasteiger partial charge in [-0.05, 0) is 38.1 Å². The summed E-state index contributed by atoms with van der Waals surface area (Å²) in [5.41, 5.74) is 1.56. The molecule has 0 aromatic carbocycles. The molecule has 1 aromatic heterocycles. The molecule has 1 heterocycles. The van der Waals surface area contributed by atoms with Crippen molar-refractivity contribution in [1.82, 2.24) is 10.3 Å². The van der Waals surface area contributed by atoms with Crippen LogP contribution >= 0.6 is 11.3 Å². The van der Waals surface area contributed by atoms with Crippen LogP contribution in [0.3, 0.4) is 0 Å². The van der Waals surface area contributed by atoms with Gasteiger partial charge in [0.15, 0.2) is 0 Å². The van der Waals surface area contributed by atoms with Crippen molar-refractivity contribution in [1.29, 1.82) is 0 Å². The lowest BCUT2D eigenvalue weighted by Gasteiger charge is -2.25. The molecule has 1 aliphatic carbocycles. The van der Waals surface area contributed by atoms with Gasteiger partial charge in [-0.1, -0.05) is 18.6 Å². The number of hydrogen-bond acceptors (Lipinski definition) is 3. The Morgan fingerprint density at radius 1 is 1.56 bits per heavy atom. The predicted octanol–water partition coefficient (Wildman–Crippen LogP) is 3.23. The Hall–Kier alpha value is -0.670. The number of aromatic nitrogens is 1. The van der Waals surface area contributed by atoms with Crippen LogP contribution in [0, 0.1) is 11.8 Å². The zero-order valence-corrected chi connectivity index (χ0v) is 10.9. The van der Waals surface area contributed by atoms with E-state index in [1.54, 1.807) is 16.9 Å². The van der Waals surface area contributed by atoms with Gasteiger partial charge < -0.3 is 5.32 Å². The molecule has 0 fully saturated rings. The summed E-state index contributed by atoms with van der Waals surface area (Å²) in [6, 6.07) is 0. The van der Waals surface area contributed by atoms with E-state index in [1.165, 1.54) is 17.8 Å². The van der Waals surface area contributed by atoms with Gasteiger partial charge in [0.05, 0.1) is 0 Å². The molecule has 0 amide bonds. The smallest absolute Gasteiger partial charge is 0.106 e. The van der Waals surface area contributed by atoms with E-state index < -0.39 is 0 Å². The zero-order valence-electron chi connectivity index (χ0n) is 10.1. The molecule has 1 aromatic rings. The summed E-state index contributed by atoms with van der Waals surface area (Å²) in [5.74, 6) is 1.56. The van der Waals surface area contributed by atoms with E-state index in [1.807, 2.05) is 11.6 Å². The van der Waals surface area contributed by atoms with E-state index in [-0.39, 0.29) is 0 Å². The topological polar surface area (TPSA) is 24.9 Å². The van der Waals surface area contributed by atoms with E-state index in [0.717, 1.165) is 24.9 Å². The van der Waals surface area contributed by atoms with E-state index in [4.69, 9.17) is 0 Å². The first-order valence-electron chi connectivity index (χ1n) is 6.00. The lowest BCUT2D eigenvalue weighted by atomic mass is 9.84. The van der Waals surface area contributed by atoms with Gasteiger partial charge in [-0.3, -0.25) is 0 Å². The van der Waals surface area contributed by atoms with E-state index >= 15 is 0 Å². The van der Waals surface area contributed by atoms with Crippen LogP contribution in [0.1, 0.15) is 31.7 Å². The maximum absolute atomic E-state index is 4.27. The molecule has 16 heavy (non-hydrogen) atoms. The Kier molecular flexibility index (Phi) is 4.13. The van der Waals surface area contributed by atoms with Gasteiger partial charge in [0.1, 0.15) is 5.01 Å². The number of thiazole rings is 1. The third kappa shape index (κ3) is 3.42. The third-order valence-corrected chi connectivity index (χ3v) is 3.86. The fourth-order valence-corrected chi connectivity index (χ4v) is 3.15. The summed E-state index contributed by atoms with van der Waals surface area (Å²) in [7, 11) is 0. The summed E-state index contributed by atoms with van der Waals surface area (Å²) in [4.78, 5) is 4.27. The molecule has 0 spiro atoms. The standard InChI is InChI=1S/C13H20N2S/c1-10-5-11(2)7-12(6-10)8-14-9-13-15-3-4-16-13/h3-5,10,12,14H,6-9H2,1-2H3. The Morgan fingerprint density at radius 2 is 2.44 bits per heavy atom. The highest BCUT2D eigenvalue weighted by Crippen LogP contribution is 2.27. The minimum absolute atomic E-state index is 0.750. The number of allylic oxidation sites excluding steroid dienone is 2. The van der Waals surface area contributed by atoms with Crippen LogP contribution in [0.15, 0.2) is 23.2 Å². The molecule has 88 valence electrons. The summed E-state index contributed by atoms with van der Waals surface area (Å²) in [6.07, 6.45) is 6.87. The monoisotopic (exact) mass is 236 g/mol. The van der Waals surface area contributed by atoms with Gasteiger partial charge in [0.25, 0.3) is 0 Å². The van der Waals surface area contributed by atoms with Gasteiger partial charge in [-0.25, -0.2) is 4.98 Å². The van der Waals surface area contributed by atoms with Crippen molar-refractivity contribution < 1.29 is 0 Å². The largest absolute Gasteiger partial charge is 0.310 e. The molecule has 2 rings (SSSR count). The van der Waals surface area contributed by atoms with Crippen LogP contribution in [-0.4, -0.2) is 11.5 Å². The lowest BCUT2D eigenvalue weighted by Crippen LogP contribution is -2.25. The number of nitrogens with zero attached hydrogens (tertiary/aromatic N) is 1. The maximum atomic E-state index is 4.27. The van der Waals surface area contributed by atoms with Crippen molar-refractivity contribution in [3.63, 3.8) is 0 Å². The minimum Gasteiger partial charge on any atom is -0.310 e. The van der Waals surface area contributed by atoms with Crippen molar-refractivity contribution in [3.8, 4) is 0 Å². The first-order chi connectivity index (χ1) is 7.74. The van der Waals surface area contributed by atoms with Crippen LogP contribution in [0.4, 0.5) is 0 Å². The van der Waals surface area contributed by atoms with Gasteiger partial charge in [-0.15, -0.1) is 11.3 Å². The number of nitrogens with one attached hydrogen (secondary N) is 1. The molecule has 3 heteroatoms. The fourth-order valence-electron chi connectivity index (χ4n) is 2.57. The predicted molar refractivity (Wildman–Crippen MR) is 69.5 cm³/mol. The maximum Gasteiger partial charge on any atom is 0.106 e. The molecular formula is C13H20N2S. The Labute approximate surface area is 102 Å². The Morgan fingerprint density at radius 3 is 3.12 bits per heavy atom. The Balaban J connectivity index is 1.73. The normalized spacial score (nSPS) is 25.5. The lowest BCUT2D eigenvalue weighted by molar-refractivity contribution is 0.381. The summed E-state index contributed by atoms with van der Waals surface area (Å²) >= 11 is 1.73. The van der Waals surface area contributed by atoms with E-state index in [2.05, 4.69) is 30.2 Å². The van der Waals surface area contributed by atoms with Gasteiger partial charge in [0, 0.05) is 18.1 Å². The van der Waals surface area contributed by atoms with Crippen molar-refractivity contribution >= 4 is 11.3 Å². The van der Waals surface area contributed by atoms with Crippen LogP contribution < -0.4 is 5.32 Å². The highest BCUT2D eigenvalue weighted by atomic mass is 32.1. The quantitative estimate of drug-likeness (QED) is 0.812. The van der Waals surface area contributed by atoms with Gasteiger partial charge in [-0.2, -0.15) is 0 Å². The second kappa shape index (κ2) is 5.60. The van der Waals surface area contributed by atoms with Crippen LogP contribution in [0.5, 0.6) is 0 Å². The Bertz CT molecular complexity index is 343. The second-order valence-electron chi connectivity index (χ2n) is 4.85. The summed E-state index contributed by atoms with van der Waals surface area (Å²) < 4.78 is 0. The third-order valence-electron chi connectivity index (χ3n) is 3.08. The SMILES string of the molecule is CC1=CC(C)CC(CNCc2nccs2)C1. The van der Waals surface area contributed by atoms with Crippen LogP contribution in [0.25, 0.3) is 0 Å².